The number of hydrogen-bond donors (Lipinski definition) is 0. The maximum atomic E-state index is 9.44. The standard InChI is InChI=1S/2C3H6O.Ag/c2*1-3(2)4;/h2*1-2H3;/q;;+1. The molecule has 0 aliphatic carbocycles. The van der Waals surface area contributed by atoms with Crippen LogP contribution in [0, 0.1) is 0 Å². The predicted octanol–water partition coefficient (Wildman–Crippen LogP) is 1.19. The minimum Gasteiger partial charge on any atom is -0.300 e. The van der Waals surface area contributed by atoms with Crippen LogP contribution in [0.2, 0.25) is 0 Å². The van der Waals surface area contributed by atoms with Crippen molar-refractivity contribution < 1.29 is 32.0 Å². The third kappa shape index (κ3) is 46400. The van der Waals surface area contributed by atoms with E-state index in [1.165, 1.54) is 27.7 Å². The molecule has 0 aliphatic rings. The number of hydrogen-bond acceptors (Lipinski definition) is 2. The van der Waals surface area contributed by atoms with Crippen LogP contribution in [0.15, 0.2) is 0 Å². The van der Waals surface area contributed by atoms with E-state index in [9.17, 15) is 9.59 Å². The fourth-order valence-electron chi connectivity index (χ4n) is 0. The van der Waals surface area contributed by atoms with Crippen LogP contribution in [0.1, 0.15) is 27.7 Å². The molecule has 3 heteroatoms. The average Bonchev–Trinajstić information content (AvgIpc) is 1.25. The number of carbonyl (C=O) groups excluding carboxylic acids is 2. The van der Waals surface area contributed by atoms with Gasteiger partial charge in [0.25, 0.3) is 0 Å². The van der Waals surface area contributed by atoms with Crippen molar-refractivity contribution in [3.63, 3.8) is 0 Å². The number of carbonyl (C=O) groups is 2. The summed E-state index contributed by atoms with van der Waals surface area (Å²) >= 11 is 0. The van der Waals surface area contributed by atoms with Gasteiger partial charge in [0.15, 0.2) is 0 Å². The Hall–Kier alpha value is 0.0803. The van der Waals surface area contributed by atoms with Gasteiger partial charge in [0.05, 0.1) is 0 Å². The van der Waals surface area contributed by atoms with Gasteiger partial charge in [-0.3, -0.25) is 0 Å². The Morgan fingerprint density at radius 2 is 0.778 bits per heavy atom. The Labute approximate surface area is 71.5 Å². The molecule has 0 spiro atoms. The van der Waals surface area contributed by atoms with Crippen molar-refractivity contribution in [2.75, 3.05) is 0 Å². The smallest absolute Gasteiger partial charge is 0.300 e. The van der Waals surface area contributed by atoms with Crippen LogP contribution in [0.4, 0.5) is 0 Å². The molecule has 0 amide bonds. The molecule has 2 nitrogen and oxygen atoms in total. The van der Waals surface area contributed by atoms with Crippen molar-refractivity contribution in [2.45, 2.75) is 27.7 Å². The summed E-state index contributed by atoms with van der Waals surface area (Å²) in [4.78, 5) is 18.9. The molecule has 58 valence electrons. The molecule has 0 aromatic rings. The third-order valence-corrected chi connectivity index (χ3v) is 0. The molecule has 0 rings (SSSR count). The van der Waals surface area contributed by atoms with E-state index in [0.29, 0.717) is 0 Å². The first-order valence-electron chi connectivity index (χ1n) is 2.41. The van der Waals surface area contributed by atoms with Crippen LogP contribution in [-0.4, -0.2) is 11.6 Å². The Morgan fingerprint density at radius 3 is 0.778 bits per heavy atom. The first kappa shape index (κ1) is 16.0. The quantitative estimate of drug-likeness (QED) is 0.579. The second-order valence-corrected chi connectivity index (χ2v) is 1.82. The Bertz CT molecular complexity index is 69.1. The fraction of sp³-hybridized carbons (Fsp3) is 0.667. The Kier molecular flexibility index (Phi) is 19.5. The number of rotatable bonds is 0. The minimum atomic E-state index is 0. The van der Waals surface area contributed by atoms with Gasteiger partial charge < -0.3 is 9.59 Å². The minimum absolute atomic E-state index is 0. The van der Waals surface area contributed by atoms with Crippen molar-refractivity contribution in [1.29, 1.82) is 0 Å². The van der Waals surface area contributed by atoms with Gasteiger partial charge >= 0.3 is 22.4 Å². The summed E-state index contributed by atoms with van der Waals surface area (Å²) in [6, 6.07) is 0. The maximum absolute atomic E-state index is 9.44. The van der Waals surface area contributed by atoms with Crippen LogP contribution in [-0.2, 0) is 32.0 Å². The average molecular weight is 224 g/mol. The van der Waals surface area contributed by atoms with Crippen molar-refractivity contribution in [3.05, 3.63) is 0 Å². The van der Waals surface area contributed by atoms with Crippen molar-refractivity contribution in [3.8, 4) is 0 Å². The summed E-state index contributed by atoms with van der Waals surface area (Å²) in [5.74, 6) is 0.333. The summed E-state index contributed by atoms with van der Waals surface area (Å²) in [5, 5.41) is 0. The van der Waals surface area contributed by atoms with Gasteiger partial charge in [0.1, 0.15) is 11.6 Å². The summed E-state index contributed by atoms with van der Waals surface area (Å²) < 4.78 is 0. The monoisotopic (exact) mass is 223 g/mol. The molecule has 0 radical (unpaired) electrons. The molecule has 0 saturated heterocycles. The van der Waals surface area contributed by atoms with Gasteiger partial charge in [-0.25, -0.2) is 0 Å². The third-order valence-electron chi connectivity index (χ3n) is 0. The predicted molar refractivity (Wildman–Crippen MR) is 32.7 cm³/mol. The van der Waals surface area contributed by atoms with Gasteiger partial charge in [-0.15, -0.1) is 0 Å². The largest absolute Gasteiger partial charge is 1.00 e. The molecule has 0 atom stereocenters. The molecule has 0 aromatic heterocycles. The molecule has 0 aromatic carbocycles. The molecule has 0 heterocycles. The van der Waals surface area contributed by atoms with Crippen molar-refractivity contribution in [2.24, 2.45) is 0 Å². The maximum Gasteiger partial charge on any atom is 1.00 e. The molecule has 0 saturated carbocycles. The van der Waals surface area contributed by atoms with E-state index in [-0.39, 0.29) is 33.9 Å². The molecular weight excluding hydrogens is 212 g/mol. The van der Waals surface area contributed by atoms with Gasteiger partial charge in [-0.2, -0.15) is 0 Å². The SMILES string of the molecule is CC(C)=O.CC(C)=O.[Ag+]. The van der Waals surface area contributed by atoms with Crippen LogP contribution in [0.5, 0.6) is 0 Å². The van der Waals surface area contributed by atoms with Crippen LogP contribution in [0.25, 0.3) is 0 Å². The summed E-state index contributed by atoms with van der Waals surface area (Å²) in [5.41, 5.74) is 0. The van der Waals surface area contributed by atoms with E-state index in [1.54, 1.807) is 0 Å². The second-order valence-electron chi connectivity index (χ2n) is 1.82. The zero-order valence-corrected chi connectivity index (χ0v) is 7.60. The van der Waals surface area contributed by atoms with E-state index >= 15 is 0 Å². The Morgan fingerprint density at radius 1 is 0.778 bits per heavy atom. The fourth-order valence-corrected chi connectivity index (χ4v) is 0. The van der Waals surface area contributed by atoms with E-state index in [1.807, 2.05) is 0 Å². The van der Waals surface area contributed by atoms with E-state index < -0.39 is 0 Å². The second kappa shape index (κ2) is 11.0. The van der Waals surface area contributed by atoms with E-state index in [4.69, 9.17) is 0 Å². The molecule has 0 aliphatic heterocycles. The molecule has 9 heavy (non-hydrogen) atoms. The zero-order valence-electron chi connectivity index (χ0n) is 6.12. The van der Waals surface area contributed by atoms with E-state index in [2.05, 4.69) is 0 Å². The number of ketones is 2. The van der Waals surface area contributed by atoms with Crippen molar-refractivity contribution in [1.82, 2.24) is 0 Å². The van der Waals surface area contributed by atoms with Crippen LogP contribution >= 0.6 is 0 Å². The molecule has 0 unspecified atom stereocenters. The molecule has 0 N–H and O–H groups in total. The van der Waals surface area contributed by atoms with Crippen LogP contribution in [0.3, 0.4) is 0 Å². The summed E-state index contributed by atoms with van der Waals surface area (Å²) in [6.07, 6.45) is 0. The number of Topliss-reactive ketones (excluding diaryl/α,β-unsaturated/α-hetero) is 2. The van der Waals surface area contributed by atoms with Gasteiger partial charge in [-0.05, 0) is 27.7 Å². The first-order valence-corrected chi connectivity index (χ1v) is 2.41. The van der Waals surface area contributed by atoms with Gasteiger partial charge in [0, 0.05) is 0 Å². The zero-order chi connectivity index (χ0) is 7.15. The molecule has 0 bridgehead atoms. The van der Waals surface area contributed by atoms with Gasteiger partial charge in [-0.1, -0.05) is 0 Å². The van der Waals surface area contributed by atoms with Crippen molar-refractivity contribution >= 4 is 11.6 Å². The first-order chi connectivity index (χ1) is 3.46. The topological polar surface area (TPSA) is 34.1 Å². The normalized spacial score (nSPS) is 5.78. The molecular formula is C6H12AgO2+. The van der Waals surface area contributed by atoms with Gasteiger partial charge in [0.2, 0.25) is 0 Å². The Balaban J connectivity index is -0.0000000720. The van der Waals surface area contributed by atoms with E-state index in [0.717, 1.165) is 0 Å². The van der Waals surface area contributed by atoms with Crippen LogP contribution < -0.4 is 0 Å². The summed E-state index contributed by atoms with van der Waals surface area (Å²) in [6.45, 7) is 6.11. The summed E-state index contributed by atoms with van der Waals surface area (Å²) in [7, 11) is 0. The molecule has 0 fully saturated rings.